The summed E-state index contributed by atoms with van der Waals surface area (Å²) in [4.78, 5) is 4.51. The molecule has 0 atom stereocenters. The highest BCUT2D eigenvalue weighted by atomic mass is 32.1. The molecule has 0 unspecified atom stereocenters. The van der Waals surface area contributed by atoms with E-state index in [0.29, 0.717) is 10.2 Å². The monoisotopic (exact) mass is 400 g/mol. The van der Waals surface area contributed by atoms with Gasteiger partial charge in [0.25, 0.3) is 0 Å². The highest BCUT2D eigenvalue weighted by molar-refractivity contribution is 7.80. The maximum atomic E-state index is 5.24. The number of thiocarbonyl (C=S) groups is 2. The van der Waals surface area contributed by atoms with Gasteiger partial charge in [-0.2, -0.15) is 10.2 Å². The topological polar surface area (TPSA) is 79.3 Å². The highest BCUT2D eigenvalue weighted by Crippen LogP contribution is 2.05. The molecule has 4 N–H and O–H groups in total. The van der Waals surface area contributed by atoms with Crippen LogP contribution in [0.15, 0.2) is 10.2 Å². The number of likely N-dealkylation sites (tertiary alicyclic amines) is 1. The van der Waals surface area contributed by atoms with Crippen LogP contribution in [0.5, 0.6) is 0 Å². The van der Waals surface area contributed by atoms with Crippen LogP contribution in [0.3, 0.4) is 0 Å². The highest BCUT2D eigenvalue weighted by Gasteiger charge is 2.10. The summed E-state index contributed by atoms with van der Waals surface area (Å²) in [7, 11) is 4.03. The van der Waals surface area contributed by atoms with Crippen molar-refractivity contribution in [3.8, 4) is 0 Å². The van der Waals surface area contributed by atoms with Crippen molar-refractivity contribution in [2.24, 2.45) is 10.2 Å². The molecule has 1 aliphatic heterocycles. The summed E-state index contributed by atoms with van der Waals surface area (Å²) >= 11 is 10.4. The van der Waals surface area contributed by atoms with Gasteiger partial charge < -0.3 is 20.4 Å². The van der Waals surface area contributed by atoms with Crippen molar-refractivity contribution < 1.29 is 0 Å². The van der Waals surface area contributed by atoms with Gasteiger partial charge in [0.05, 0.1) is 11.4 Å². The molecular weight excluding hydrogens is 368 g/mol. The van der Waals surface area contributed by atoms with Crippen molar-refractivity contribution in [3.05, 3.63) is 0 Å². The van der Waals surface area contributed by atoms with E-state index >= 15 is 0 Å². The van der Waals surface area contributed by atoms with E-state index in [1.807, 2.05) is 27.9 Å². The summed E-state index contributed by atoms with van der Waals surface area (Å²) in [6, 6.07) is 0. The van der Waals surface area contributed by atoms with Crippen molar-refractivity contribution in [1.29, 1.82) is 0 Å². The molecule has 0 saturated carbocycles. The Kier molecular flexibility index (Phi) is 11.3. The lowest BCUT2D eigenvalue weighted by atomic mass is 10.3. The average Bonchev–Trinajstić information content (AvgIpc) is 3.10. The van der Waals surface area contributed by atoms with E-state index in [-0.39, 0.29) is 0 Å². The van der Waals surface area contributed by atoms with Crippen LogP contribution in [0, 0.1) is 0 Å². The van der Waals surface area contributed by atoms with Gasteiger partial charge in [0, 0.05) is 26.2 Å². The van der Waals surface area contributed by atoms with Gasteiger partial charge in [0.15, 0.2) is 10.2 Å². The minimum atomic E-state index is 0.492. The fourth-order valence-electron chi connectivity index (χ4n) is 2.24. The molecular formula is C16H32N8S2. The summed E-state index contributed by atoms with van der Waals surface area (Å²) in [6.45, 7) is 9.59. The van der Waals surface area contributed by atoms with Crippen molar-refractivity contribution in [2.45, 2.75) is 26.7 Å². The fourth-order valence-corrected chi connectivity index (χ4v) is 2.53. The van der Waals surface area contributed by atoms with Crippen LogP contribution in [-0.2, 0) is 0 Å². The molecule has 1 saturated heterocycles. The molecule has 0 radical (unpaired) electrons. The SMILES string of the molecule is CC(=N\NC(=S)NCCN(C)C)/C(C)=N/NC(=S)NCCN1CCCC1. The summed E-state index contributed by atoms with van der Waals surface area (Å²) in [5.74, 6) is 0. The molecule has 1 rings (SSSR count). The first-order chi connectivity index (χ1) is 12.4. The number of likely N-dealkylation sites (N-methyl/N-ethyl adjacent to an activating group) is 1. The number of hydrazone groups is 2. The molecule has 10 heteroatoms. The molecule has 0 bridgehead atoms. The van der Waals surface area contributed by atoms with E-state index in [4.69, 9.17) is 24.4 Å². The number of hydrogen-bond donors (Lipinski definition) is 4. The standard InChI is InChI=1S/C16H32N8S2/c1-13(19-21-15(25)17-7-11-23(3)4)14(2)20-22-16(26)18-8-12-24-9-5-6-10-24/h5-12H2,1-4H3,(H2,17,21,25)(H2,18,22,26)/b19-13+,20-14+. The molecule has 0 aromatic carbocycles. The zero-order valence-corrected chi connectivity index (χ0v) is 17.9. The van der Waals surface area contributed by atoms with Gasteiger partial charge in [-0.05, 0) is 78.3 Å². The van der Waals surface area contributed by atoms with Gasteiger partial charge in [0.1, 0.15) is 0 Å². The Morgan fingerprint density at radius 2 is 1.42 bits per heavy atom. The largest absolute Gasteiger partial charge is 0.360 e. The summed E-state index contributed by atoms with van der Waals surface area (Å²) in [5, 5.41) is 15.7. The molecule has 0 aromatic heterocycles. The number of hydrogen-bond acceptors (Lipinski definition) is 6. The van der Waals surface area contributed by atoms with Gasteiger partial charge >= 0.3 is 0 Å². The van der Waals surface area contributed by atoms with Crippen LogP contribution in [0.2, 0.25) is 0 Å². The molecule has 1 heterocycles. The first-order valence-electron chi connectivity index (χ1n) is 8.92. The average molecular weight is 401 g/mol. The van der Waals surface area contributed by atoms with Crippen LogP contribution in [0.1, 0.15) is 26.7 Å². The Morgan fingerprint density at radius 3 is 1.92 bits per heavy atom. The second-order valence-electron chi connectivity index (χ2n) is 6.48. The molecule has 0 amide bonds. The molecule has 0 aromatic rings. The van der Waals surface area contributed by atoms with E-state index in [9.17, 15) is 0 Å². The van der Waals surface area contributed by atoms with E-state index < -0.39 is 0 Å². The van der Waals surface area contributed by atoms with Crippen molar-refractivity contribution in [3.63, 3.8) is 0 Å². The van der Waals surface area contributed by atoms with Crippen LogP contribution in [0.4, 0.5) is 0 Å². The number of nitrogens with zero attached hydrogens (tertiary/aromatic N) is 4. The van der Waals surface area contributed by atoms with Crippen LogP contribution < -0.4 is 21.5 Å². The van der Waals surface area contributed by atoms with Crippen molar-refractivity contribution in [2.75, 3.05) is 53.4 Å². The van der Waals surface area contributed by atoms with E-state index in [1.54, 1.807) is 0 Å². The van der Waals surface area contributed by atoms with Gasteiger partial charge in [0.2, 0.25) is 0 Å². The minimum Gasteiger partial charge on any atom is -0.360 e. The lowest BCUT2D eigenvalue weighted by Crippen LogP contribution is -2.38. The Bertz CT molecular complexity index is 512. The zero-order valence-electron chi connectivity index (χ0n) is 16.3. The summed E-state index contributed by atoms with van der Waals surface area (Å²) in [6.07, 6.45) is 2.60. The van der Waals surface area contributed by atoms with Crippen molar-refractivity contribution in [1.82, 2.24) is 31.3 Å². The van der Waals surface area contributed by atoms with E-state index in [1.165, 1.54) is 25.9 Å². The number of nitrogens with one attached hydrogen (secondary N) is 4. The molecule has 0 aliphatic carbocycles. The normalized spacial score (nSPS) is 15.9. The fraction of sp³-hybridized carbons (Fsp3) is 0.750. The first kappa shape index (κ1) is 22.7. The van der Waals surface area contributed by atoms with Crippen LogP contribution in [0.25, 0.3) is 0 Å². The summed E-state index contributed by atoms with van der Waals surface area (Å²) in [5.41, 5.74) is 7.13. The maximum absolute atomic E-state index is 5.24. The lowest BCUT2D eigenvalue weighted by Gasteiger charge is -2.15. The third kappa shape index (κ3) is 10.6. The third-order valence-electron chi connectivity index (χ3n) is 3.93. The van der Waals surface area contributed by atoms with Crippen molar-refractivity contribution >= 4 is 46.1 Å². The molecule has 1 aliphatic rings. The van der Waals surface area contributed by atoms with Gasteiger partial charge in [-0.15, -0.1) is 0 Å². The Balaban J connectivity index is 2.23. The quantitative estimate of drug-likeness (QED) is 0.250. The Morgan fingerprint density at radius 1 is 0.923 bits per heavy atom. The van der Waals surface area contributed by atoms with Crippen LogP contribution >= 0.6 is 24.4 Å². The van der Waals surface area contributed by atoms with E-state index in [2.05, 4.69) is 41.5 Å². The Hall–Kier alpha value is -1.36. The molecule has 26 heavy (non-hydrogen) atoms. The molecule has 0 spiro atoms. The van der Waals surface area contributed by atoms with Gasteiger partial charge in [-0.3, -0.25) is 10.9 Å². The first-order valence-corrected chi connectivity index (χ1v) is 9.74. The summed E-state index contributed by atoms with van der Waals surface area (Å²) < 4.78 is 0. The number of rotatable bonds is 9. The van der Waals surface area contributed by atoms with E-state index in [0.717, 1.165) is 37.6 Å². The Labute approximate surface area is 167 Å². The predicted octanol–water partition coefficient (Wildman–Crippen LogP) is 0.324. The van der Waals surface area contributed by atoms with Crippen LogP contribution in [-0.4, -0.2) is 84.8 Å². The molecule has 148 valence electrons. The minimum absolute atomic E-state index is 0.492. The van der Waals surface area contributed by atoms with Gasteiger partial charge in [-0.25, -0.2) is 0 Å². The second-order valence-corrected chi connectivity index (χ2v) is 7.30. The molecule has 8 nitrogen and oxygen atoms in total. The van der Waals surface area contributed by atoms with Gasteiger partial charge in [-0.1, -0.05) is 0 Å². The predicted molar refractivity (Wildman–Crippen MR) is 118 cm³/mol. The smallest absolute Gasteiger partial charge is 0.187 e. The third-order valence-corrected chi connectivity index (χ3v) is 4.40. The lowest BCUT2D eigenvalue weighted by molar-refractivity contribution is 0.343. The maximum Gasteiger partial charge on any atom is 0.187 e. The molecule has 1 fully saturated rings. The zero-order chi connectivity index (χ0) is 19.4. The second kappa shape index (κ2) is 12.9.